The molecule has 2 heterocycles. The average Bonchev–Trinajstić information content (AvgIpc) is 3.06. The average molecular weight is 383 g/mol. The summed E-state index contributed by atoms with van der Waals surface area (Å²) in [7, 11) is 0. The van der Waals surface area contributed by atoms with Crippen LogP contribution in [-0.4, -0.2) is 22.0 Å². The fourth-order valence-corrected chi connectivity index (χ4v) is 2.79. The first-order valence-corrected chi connectivity index (χ1v) is 8.06. The minimum atomic E-state index is -5.00. The maximum atomic E-state index is 13.0. The van der Waals surface area contributed by atoms with Crippen molar-refractivity contribution in [2.75, 3.05) is 0 Å². The van der Waals surface area contributed by atoms with Gasteiger partial charge in [0.2, 0.25) is 0 Å². The van der Waals surface area contributed by atoms with E-state index in [9.17, 15) is 18.0 Å². The van der Waals surface area contributed by atoms with Gasteiger partial charge in [-0.3, -0.25) is 4.79 Å². The second-order valence-corrected chi connectivity index (χ2v) is 6.23. The van der Waals surface area contributed by atoms with Gasteiger partial charge in [-0.05, 0) is 36.8 Å². The summed E-state index contributed by atoms with van der Waals surface area (Å²) in [6.45, 7) is 1.23. The molecule has 0 aliphatic carbocycles. The van der Waals surface area contributed by atoms with Gasteiger partial charge in [0, 0.05) is 17.5 Å². The molecular formula is C18H14ClF3N2O2. The molecule has 0 atom stereocenters. The highest BCUT2D eigenvalue weighted by Gasteiger charge is 2.42. The minimum absolute atomic E-state index is 0.0579. The Labute approximate surface area is 152 Å². The molecule has 0 fully saturated rings. The summed E-state index contributed by atoms with van der Waals surface area (Å²) in [5.74, 6) is -1.72. The van der Waals surface area contributed by atoms with E-state index in [0.717, 1.165) is 10.9 Å². The van der Waals surface area contributed by atoms with Gasteiger partial charge in [0.05, 0.1) is 18.3 Å². The van der Waals surface area contributed by atoms with Crippen LogP contribution in [0, 0.1) is 6.92 Å². The lowest BCUT2D eigenvalue weighted by Crippen LogP contribution is -2.40. The zero-order valence-corrected chi connectivity index (χ0v) is 14.4. The van der Waals surface area contributed by atoms with Gasteiger partial charge in [0.25, 0.3) is 0 Å². The van der Waals surface area contributed by atoms with Crippen LogP contribution >= 0.6 is 11.6 Å². The Morgan fingerprint density at radius 2 is 2.00 bits per heavy atom. The summed E-state index contributed by atoms with van der Waals surface area (Å²) in [4.78, 5) is 16.7. The van der Waals surface area contributed by atoms with Gasteiger partial charge in [-0.15, -0.1) is 0 Å². The zero-order valence-electron chi connectivity index (χ0n) is 13.7. The van der Waals surface area contributed by atoms with Crippen LogP contribution in [-0.2, 0) is 17.9 Å². The molecule has 0 radical (unpaired) electrons. The number of halogens is 4. The third-order valence-corrected chi connectivity index (χ3v) is 4.14. The van der Waals surface area contributed by atoms with Crippen molar-refractivity contribution in [2.24, 2.45) is 0 Å². The Bertz CT molecular complexity index is 940. The van der Waals surface area contributed by atoms with Gasteiger partial charge in [-0.25, -0.2) is 4.98 Å². The van der Waals surface area contributed by atoms with Crippen molar-refractivity contribution in [3.63, 3.8) is 0 Å². The SMILES string of the molecule is Cc1ccc2cc(CN(Cc3ccco3)C(=O)C(F)(F)F)c(Cl)nc2c1. The molecule has 3 aromatic rings. The number of benzene rings is 1. The predicted molar refractivity (Wildman–Crippen MR) is 90.5 cm³/mol. The minimum Gasteiger partial charge on any atom is -0.467 e. The van der Waals surface area contributed by atoms with Gasteiger partial charge < -0.3 is 9.32 Å². The van der Waals surface area contributed by atoms with Crippen LogP contribution in [0.15, 0.2) is 47.1 Å². The highest BCUT2D eigenvalue weighted by Crippen LogP contribution is 2.26. The first-order chi connectivity index (χ1) is 12.2. The number of nitrogens with zero attached hydrogens (tertiary/aromatic N) is 2. The fraction of sp³-hybridized carbons (Fsp3) is 0.222. The molecule has 8 heteroatoms. The number of carbonyl (C=O) groups excluding carboxylic acids is 1. The molecule has 0 saturated carbocycles. The van der Waals surface area contributed by atoms with E-state index in [1.807, 2.05) is 19.1 Å². The van der Waals surface area contributed by atoms with Gasteiger partial charge in [-0.2, -0.15) is 13.2 Å². The quantitative estimate of drug-likeness (QED) is 0.604. The monoisotopic (exact) mass is 382 g/mol. The van der Waals surface area contributed by atoms with Gasteiger partial charge >= 0.3 is 12.1 Å². The molecule has 4 nitrogen and oxygen atoms in total. The van der Waals surface area contributed by atoms with E-state index in [1.54, 1.807) is 18.2 Å². The van der Waals surface area contributed by atoms with Crippen LogP contribution < -0.4 is 0 Å². The second kappa shape index (κ2) is 6.99. The van der Waals surface area contributed by atoms with Crippen molar-refractivity contribution in [1.82, 2.24) is 9.88 Å². The Morgan fingerprint density at radius 1 is 1.23 bits per heavy atom. The first-order valence-electron chi connectivity index (χ1n) is 7.68. The van der Waals surface area contributed by atoms with Crippen molar-refractivity contribution in [2.45, 2.75) is 26.2 Å². The smallest absolute Gasteiger partial charge is 0.467 e. The summed E-state index contributed by atoms with van der Waals surface area (Å²) >= 11 is 6.15. The van der Waals surface area contributed by atoms with Gasteiger partial charge in [-0.1, -0.05) is 23.7 Å². The number of furan rings is 1. The zero-order chi connectivity index (χ0) is 18.9. The predicted octanol–water partition coefficient (Wildman–Crippen LogP) is 4.88. The number of hydrogen-bond donors (Lipinski definition) is 0. The lowest BCUT2D eigenvalue weighted by molar-refractivity contribution is -0.187. The summed E-state index contributed by atoms with van der Waals surface area (Å²) in [6, 6.07) is 10.2. The topological polar surface area (TPSA) is 46.3 Å². The number of amides is 1. The lowest BCUT2D eigenvalue weighted by atomic mass is 10.1. The summed E-state index contributed by atoms with van der Waals surface area (Å²) in [5, 5.41) is 0.787. The molecule has 1 amide bonds. The third kappa shape index (κ3) is 3.99. The van der Waals surface area contributed by atoms with Crippen molar-refractivity contribution < 1.29 is 22.4 Å². The molecule has 2 aromatic heterocycles. The number of alkyl halides is 3. The van der Waals surface area contributed by atoms with Gasteiger partial charge in [0.1, 0.15) is 10.9 Å². The van der Waals surface area contributed by atoms with Crippen LogP contribution in [0.4, 0.5) is 13.2 Å². The normalized spacial score (nSPS) is 11.7. The Kier molecular flexibility index (Phi) is 4.91. The second-order valence-electron chi connectivity index (χ2n) is 5.87. The maximum absolute atomic E-state index is 13.0. The molecule has 0 aliphatic heterocycles. The molecule has 0 N–H and O–H groups in total. The van der Waals surface area contributed by atoms with Crippen molar-refractivity contribution >= 4 is 28.4 Å². The molecule has 0 aliphatic rings. The number of rotatable bonds is 4. The number of pyridine rings is 1. The number of fused-ring (bicyclic) bond motifs is 1. The Hall–Kier alpha value is -2.54. The lowest BCUT2D eigenvalue weighted by Gasteiger charge is -2.23. The van der Waals surface area contributed by atoms with Crippen LogP contribution in [0.3, 0.4) is 0 Å². The van der Waals surface area contributed by atoms with Crippen LogP contribution in [0.5, 0.6) is 0 Å². The van der Waals surface area contributed by atoms with E-state index in [2.05, 4.69) is 4.98 Å². The van der Waals surface area contributed by atoms with E-state index in [4.69, 9.17) is 16.0 Å². The Morgan fingerprint density at radius 3 is 2.65 bits per heavy atom. The van der Waals surface area contributed by atoms with E-state index in [-0.39, 0.29) is 24.0 Å². The van der Waals surface area contributed by atoms with E-state index in [1.165, 1.54) is 12.3 Å². The standard InChI is InChI=1S/C18H14ClF3N2O2/c1-11-4-5-12-8-13(16(19)23-15(12)7-11)9-24(17(25)18(20,21)22)10-14-3-2-6-26-14/h2-8H,9-10H2,1H3. The largest absolute Gasteiger partial charge is 0.471 e. The highest BCUT2D eigenvalue weighted by atomic mass is 35.5. The van der Waals surface area contributed by atoms with E-state index in [0.29, 0.717) is 16.0 Å². The highest BCUT2D eigenvalue weighted by molar-refractivity contribution is 6.30. The molecule has 3 rings (SSSR count). The molecule has 0 unspecified atom stereocenters. The van der Waals surface area contributed by atoms with Crippen molar-refractivity contribution in [3.8, 4) is 0 Å². The van der Waals surface area contributed by atoms with Crippen molar-refractivity contribution in [3.05, 3.63) is 64.7 Å². The fourth-order valence-electron chi connectivity index (χ4n) is 2.58. The number of aryl methyl sites for hydroxylation is 1. The molecule has 136 valence electrons. The molecule has 0 saturated heterocycles. The third-order valence-electron chi connectivity index (χ3n) is 3.82. The van der Waals surface area contributed by atoms with Crippen molar-refractivity contribution in [1.29, 1.82) is 0 Å². The number of carbonyl (C=O) groups is 1. The molecule has 1 aromatic carbocycles. The van der Waals surface area contributed by atoms with Gasteiger partial charge in [0.15, 0.2) is 0 Å². The summed E-state index contributed by atoms with van der Waals surface area (Å²) in [5.41, 5.74) is 1.95. The van der Waals surface area contributed by atoms with Crippen LogP contribution in [0.25, 0.3) is 10.9 Å². The molecule has 0 spiro atoms. The summed E-state index contributed by atoms with van der Waals surface area (Å²) in [6.07, 6.45) is -3.67. The van der Waals surface area contributed by atoms with Crippen LogP contribution in [0.1, 0.15) is 16.9 Å². The summed E-state index contributed by atoms with van der Waals surface area (Å²) < 4.78 is 43.9. The van der Waals surface area contributed by atoms with E-state index >= 15 is 0 Å². The maximum Gasteiger partial charge on any atom is 0.471 e. The van der Waals surface area contributed by atoms with E-state index < -0.39 is 12.1 Å². The number of hydrogen-bond acceptors (Lipinski definition) is 3. The molecular weight excluding hydrogens is 369 g/mol. The first kappa shape index (κ1) is 18.3. The number of aromatic nitrogens is 1. The molecule has 26 heavy (non-hydrogen) atoms. The Balaban J connectivity index is 1.95. The van der Waals surface area contributed by atoms with Crippen LogP contribution in [0.2, 0.25) is 5.15 Å². The molecule has 0 bridgehead atoms.